The predicted molar refractivity (Wildman–Crippen MR) is 178 cm³/mol. The van der Waals surface area contributed by atoms with Gasteiger partial charge in [-0.25, -0.2) is 0 Å². The summed E-state index contributed by atoms with van der Waals surface area (Å²) in [5.41, 5.74) is 9.50. The maximum atomic E-state index is 12.6. The SMILES string of the molecule is Cc1cccc(C)c1Nc1ccc(C(c2ccc(Nc3c(C)cccc3C)cc2)c2ccc(S(=O)(=O)O)cc2S(=O)(=O)O)cc1. The zero-order valence-electron chi connectivity index (χ0n) is 25.2. The van der Waals surface area contributed by atoms with E-state index in [4.69, 9.17) is 0 Å². The van der Waals surface area contributed by atoms with E-state index in [1.807, 2.05) is 113 Å². The van der Waals surface area contributed by atoms with Crippen LogP contribution >= 0.6 is 0 Å². The van der Waals surface area contributed by atoms with Gasteiger partial charge in [0.15, 0.2) is 0 Å². The van der Waals surface area contributed by atoms with Crippen molar-refractivity contribution in [3.8, 4) is 0 Å². The fourth-order valence-electron chi connectivity index (χ4n) is 5.52. The second-order valence-corrected chi connectivity index (χ2v) is 13.9. The fraction of sp³-hybridized carbons (Fsp3) is 0.143. The molecule has 0 aliphatic rings. The normalized spacial score (nSPS) is 11.9. The summed E-state index contributed by atoms with van der Waals surface area (Å²) in [5, 5.41) is 6.89. The molecule has 4 N–H and O–H groups in total. The van der Waals surface area contributed by atoms with E-state index in [1.54, 1.807) is 0 Å². The highest BCUT2D eigenvalue weighted by Crippen LogP contribution is 2.38. The Kier molecular flexibility index (Phi) is 8.86. The fourth-order valence-corrected chi connectivity index (χ4v) is 6.86. The molecule has 0 unspecified atom stereocenters. The van der Waals surface area contributed by atoms with Crippen LogP contribution in [0.2, 0.25) is 0 Å². The van der Waals surface area contributed by atoms with E-state index >= 15 is 0 Å². The highest BCUT2D eigenvalue weighted by Gasteiger charge is 2.27. The van der Waals surface area contributed by atoms with Crippen LogP contribution in [0.4, 0.5) is 22.7 Å². The van der Waals surface area contributed by atoms with Gasteiger partial charge in [0.25, 0.3) is 20.2 Å². The van der Waals surface area contributed by atoms with Gasteiger partial charge < -0.3 is 10.6 Å². The molecule has 0 amide bonds. The second-order valence-electron chi connectivity index (χ2n) is 11.1. The molecule has 0 aliphatic heterocycles. The molecule has 232 valence electrons. The van der Waals surface area contributed by atoms with Crippen LogP contribution < -0.4 is 10.6 Å². The van der Waals surface area contributed by atoms with Crippen molar-refractivity contribution in [2.75, 3.05) is 10.6 Å². The number of para-hydroxylation sites is 2. The van der Waals surface area contributed by atoms with Crippen LogP contribution in [-0.2, 0) is 20.2 Å². The van der Waals surface area contributed by atoms with Crippen molar-refractivity contribution in [3.63, 3.8) is 0 Å². The molecular formula is C35H34N2O6S2. The largest absolute Gasteiger partial charge is 0.355 e. The Balaban J connectivity index is 1.61. The van der Waals surface area contributed by atoms with Gasteiger partial charge >= 0.3 is 0 Å². The lowest BCUT2D eigenvalue weighted by Crippen LogP contribution is -2.12. The molecule has 0 fully saturated rings. The molecule has 0 spiro atoms. The zero-order valence-corrected chi connectivity index (χ0v) is 26.9. The maximum Gasteiger partial charge on any atom is 0.294 e. The Morgan fingerprint density at radius 3 is 1.29 bits per heavy atom. The summed E-state index contributed by atoms with van der Waals surface area (Å²) in [5.74, 6) is -0.721. The smallest absolute Gasteiger partial charge is 0.294 e. The first kappa shape index (κ1) is 31.9. The third-order valence-corrected chi connectivity index (χ3v) is 9.62. The van der Waals surface area contributed by atoms with Gasteiger partial charge in [0, 0.05) is 28.7 Å². The molecule has 0 heterocycles. The molecule has 10 heteroatoms. The molecule has 0 aliphatic carbocycles. The summed E-state index contributed by atoms with van der Waals surface area (Å²) in [6.45, 7) is 8.08. The van der Waals surface area contributed by atoms with E-state index in [0.29, 0.717) is 11.1 Å². The summed E-state index contributed by atoms with van der Waals surface area (Å²) >= 11 is 0. The van der Waals surface area contributed by atoms with Crippen molar-refractivity contribution in [1.82, 2.24) is 0 Å². The minimum atomic E-state index is -4.89. The Hall–Kier alpha value is -4.48. The number of hydrogen-bond acceptors (Lipinski definition) is 6. The first-order chi connectivity index (χ1) is 21.2. The number of hydrogen-bond donors (Lipinski definition) is 4. The van der Waals surface area contributed by atoms with E-state index in [0.717, 1.165) is 57.1 Å². The predicted octanol–water partition coefficient (Wildman–Crippen LogP) is 8.08. The standard InChI is InChI=1S/C35H34N2O6S2/c1-22-7-5-8-23(2)34(22)36-28-15-11-26(12-16-28)33(31-20-19-30(44(38,39)40)21-32(31)45(41,42)43)27-13-17-29(18-14-27)37-35-24(3)9-6-10-25(35)4/h5-21,33,36-37H,1-4H3,(H,38,39,40)(H,41,42,43). The summed E-state index contributed by atoms with van der Waals surface area (Å²) in [6, 6.07) is 30.2. The number of anilines is 4. The van der Waals surface area contributed by atoms with Crippen LogP contribution in [0.25, 0.3) is 0 Å². The van der Waals surface area contributed by atoms with Crippen molar-refractivity contribution < 1.29 is 25.9 Å². The first-order valence-corrected chi connectivity index (χ1v) is 17.1. The van der Waals surface area contributed by atoms with Gasteiger partial charge in [-0.1, -0.05) is 66.7 Å². The van der Waals surface area contributed by atoms with Crippen molar-refractivity contribution in [2.45, 2.75) is 43.4 Å². The quantitative estimate of drug-likeness (QED) is 0.0937. The van der Waals surface area contributed by atoms with Gasteiger partial charge in [-0.05, 0) is 103 Å². The van der Waals surface area contributed by atoms with Crippen LogP contribution in [0.1, 0.15) is 44.9 Å². The number of nitrogens with one attached hydrogen (secondary N) is 2. The molecule has 5 aromatic carbocycles. The molecule has 45 heavy (non-hydrogen) atoms. The van der Waals surface area contributed by atoms with E-state index in [2.05, 4.69) is 10.6 Å². The van der Waals surface area contributed by atoms with Gasteiger partial charge in [0.1, 0.15) is 0 Å². The van der Waals surface area contributed by atoms with Crippen molar-refractivity contribution in [2.24, 2.45) is 0 Å². The van der Waals surface area contributed by atoms with Gasteiger partial charge in [0.2, 0.25) is 0 Å². The van der Waals surface area contributed by atoms with E-state index < -0.39 is 35.9 Å². The van der Waals surface area contributed by atoms with Gasteiger partial charge in [-0.3, -0.25) is 9.11 Å². The zero-order chi connectivity index (χ0) is 32.5. The van der Waals surface area contributed by atoms with Crippen LogP contribution in [-0.4, -0.2) is 25.9 Å². The van der Waals surface area contributed by atoms with E-state index in [9.17, 15) is 25.9 Å². The topological polar surface area (TPSA) is 133 Å². The summed E-state index contributed by atoms with van der Waals surface area (Å²) in [7, 11) is -9.63. The third-order valence-electron chi connectivity index (χ3n) is 7.86. The number of aryl methyl sites for hydroxylation is 4. The Bertz CT molecular complexity index is 1950. The summed E-state index contributed by atoms with van der Waals surface area (Å²) < 4.78 is 68.7. The first-order valence-electron chi connectivity index (χ1n) is 14.2. The Morgan fingerprint density at radius 2 is 0.933 bits per heavy atom. The molecule has 0 saturated heterocycles. The van der Waals surface area contributed by atoms with Crippen LogP contribution in [0.3, 0.4) is 0 Å². The second kappa shape index (κ2) is 12.5. The van der Waals surface area contributed by atoms with E-state index in [-0.39, 0.29) is 5.56 Å². The number of benzene rings is 5. The Morgan fingerprint density at radius 1 is 0.533 bits per heavy atom. The molecule has 0 bridgehead atoms. The molecule has 0 aromatic heterocycles. The van der Waals surface area contributed by atoms with Crippen LogP contribution in [0.5, 0.6) is 0 Å². The molecule has 5 rings (SSSR count). The lowest BCUT2D eigenvalue weighted by Gasteiger charge is -2.22. The van der Waals surface area contributed by atoms with Gasteiger partial charge in [0.05, 0.1) is 9.79 Å². The van der Waals surface area contributed by atoms with Crippen LogP contribution in [0.15, 0.2) is 113 Å². The highest BCUT2D eigenvalue weighted by atomic mass is 32.2. The van der Waals surface area contributed by atoms with Crippen molar-refractivity contribution in [1.29, 1.82) is 0 Å². The summed E-state index contributed by atoms with van der Waals surface area (Å²) in [6.07, 6.45) is 0. The molecule has 0 saturated carbocycles. The summed E-state index contributed by atoms with van der Waals surface area (Å²) in [4.78, 5) is -1.25. The third kappa shape index (κ3) is 7.10. The van der Waals surface area contributed by atoms with Crippen molar-refractivity contribution >= 4 is 43.0 Å². The Labute approximate surface area is 264 Å². The highest BCUT2D eigenvalue weighted by molar-refractivity contribution is 7.86. The number of rotatable bonds is 9. The molecule has 5 aromatic rings. The molecule has 0 atom stereocenters. The van der Waals surface area contributed by atoms with E-state index in [1.165, 1.54) is 6.07 Å². The molecular weight excluding hydrogens is 609 g/mol. The van der Waals surface area contributed by atoms with Crippen LogP contribution in [0, 0.1) is 27.7 Å². The molecule has 0 radical (unpaired) electrons. The minimum absolute atomic E-state index is 0.149. The van der Waals surface area contributed by atoms with Crippen molar-refractivity contribution in [3.05, 3.63) is 142 Å². The maximum absolute atomic E-state index is 12.6. The van der Waals surface area contributed by atoms with Gasteiger partial charge in [-0.15, -0.1) is 0 Å². The minimum Gasteiger partial charge on any atom is -0.355 e. The lowest BCUT2D eigenvalue weighted by atomic mass is 9.85. The molecule has 8 nitrogen and oxygen atoms in total. The van der Waals surface area contributed by atoms with Gasteiger partial charge in [-0.2, -0.15) is 16.8 Å². The lowest BCUT2D eigenvalue weighted by molar-refractivity contribution is 0.480. The average Bonchev–Trinajstić information content (AvgIpc) is 2.98. The monoisotopic (exact) mass is 642 g/mol. The average molecular weight is 643 g/mol.